The van der Waals surface area contributed by atoms with Gasteiger partial charge in [-0.15, -0.1) is 0 Å². The highest BCUT2D eigenvalue weighted by molar-refractivity contribution is 5.75. The molecule has 1 aromatic rings. The Morgan fingerprint density at radius 2 is 2.14 bits per heavy atom. The number of phenols is 1. The van der Waals surface area contributed by atoms with E-state index in [1.807, 2.05) is 0 Å². The number of hydrogen-bond acceptors (Lipinski definition) is 3. The van der Waals surface area contributed by atoms with E-state index >= 15 is 0 Å². The molecule has 0 amide bonds. The number of carboxylic acids is 1. The Balaban J connectivity index is 3.06. The molecule has 76 valence electrons. The van der Waals surface area contributed by atoms with E-state index in [1.165, 1.54) is 19.2 Å². The van der Waals surface area contributed by atoms with E-state index in [0.29, 0.717) is 5.56 Å². The van der Waals surface area contributed by atoms with Crippen LogP contribution in [0.1, 0.15) is 18.4 Å². The van der Waals surface area contributed by atoms with E-state index in [2.05, 4.69) is 0 Å². The van der Waals surface area contributed by atoms with E-state index in [9.17, 15) is 9.90 Å². The summed E-state index contributed by atoms with van der Waals surface area (Å²) >= 11 is 0. The molecule has 4 nitrogen and oxygen atoms in total. The van der Waals surface area contributed by atoms with Crippen molar-refractivity contribution in [1.82, 2.24) is 0 Å². The van der Waals surface area contributed by atoms with Gasteiger partial charge in [0.15, 0.2) is 11.5 Å². The SMILES string of the molecule is COc1cc(C(C)C(=O)O)ccc1O. The van der Waals surface area contributed by atoms with Gasteiger partial charge in [0, 0.05) is 0 Å². The highest BCUT2D eigenvalue weighted by Gasteiger charge is 2.15. The first kappa shape index (κ1) is 10.4. The van der Waals surface area contributed by atoms with Crippen LogP contribution in [0.3, 0.4) is 0 Å². The highest BCUT2D eigenvalue weighted by atomic mass is 16.5. The van der Waals surface area contributed by atoms with Gasteiger partial charge in [0.1, 0.15) is 0 Å². The van der Waals surface area contributed by atoms with Crippen molar-refractivity contribution in [3.8, 4) is 11.5 Å². The van der Waals surface area contributed by atoms with Gasteiger partial charge in [-0.05, 0) is 24.6 Å². The zero-order chi connectivity index (χ0) is 10.7. The lowest BCUT2D eigenvalue weighted by Crippen LogP contribution is -2.07. The molecule has 0 aromatic heterocycles. The van der Waals surface area contributed by atoms with Gasteiger partial charge in [-0.2, -0.15) is 0 Å². The number of carbonyl (C=O) groups is 1. The van der Waals surface area contributed by atoms with Crippen LogP contribution in [-0.2, 0) is 4.79 Å². The van der Waals surface area contributed by atoms with Crippen LogP contribution in [0.5, 0.6) is 11.5 Å². The van der Waals surface area contributed by atoms with Gasteiger partial charge < -0.3 is 14.9 Å². The van der Waals surface area contributed by atoms with Gasteiger partial charge in [0.25, 0.3) is 0 Å². The third-order valence-corrected chi connectivity index (χ3v) is 2.07. The molecule has 4 heteroatoms. The summed E-state index contributed by atoms with van der Waals surface area (Å²) < 4.78 is 4.87. The number of phenolic OH excluding ortho intramolecular Hbond substituents is 1. The second-order valence-corrected chi connectivity index (χ2v) is 2.99. The van der Waals surface area contributed by atoms with E-state index in [-0.39, 0.29) is 11.5 Å². The molecular formula is C10H12O4. The molecule has 0 bridgehead atoms. The third kappa shape index (κ3) is 1.96. The zero-order valence-corrected chi connectivity index (χ0v) is 8.02. The maximum absolute atomic E-state index is 10.7. The van der Waals surface area contributed by atoms with Crippen molar-refractivity contribution in [2.24, 2.45) is 0 Å². The largest absolute Gasteiger partial charge is 0.504 e. The zero-order valence-electron chi connectivity index (χ0n) is 8.02. The van der Waals surface area contributed by atoms with Gasteiger partial charge >= 0.3 is 5.97 Å². The first-order valence-electron chi connectivity index (χ1n) is 4.16. The van der Waals surface area contributed by atoms with Crippen molar-refractivity contribution in [3.05, 3.63) is 23.8 Å². The molecule has 1 aromatic carbocycles. The first-order valence-corrected chi connectivity index (χ1v) is 4.16. The molecule has 0 heterocycles. The summed E-state index contributed by atoms with van der Waals surface area (Å²) in [7, 11) is 1.42. The number of benzene rings is 1. The number of carboxylic acid groups (broad SMARTS) is 1. The number of methoxy groups -OCH3 is 1. The van der Waals surface area contributed by atoms with Gasteiger partial charge in [-0.3, -0.25) is 4.79 Å². The molecule has 1 unspecified atom stereocenters. The molecule has 0 saturated carbocycles. The fourth-order valence-corrected chi connectivity index (χ4v) is 1.11. The minimum Gasteiger partial charge on any atom is -0.504 e. The Morgan fingerprint density at radius 3 is 2.64 bits per heavy atom. The Hall–Kier alpha value is -1.71. The maximum atomic E-state index is 10.7. The molecule has 14 heavy (non-hydrogen) atoms. The molecule has 0 aliphatic carbocycles. The third-order valence-electron chi connectivity index (χ3n) is 2.07. The molecule has 0 radical (unpaired) electrons. The molecule has 0 aliphatic rings. The van der Waals surface area contributed by atoms with Crippen molar-refractivity contribution >= 4 is 5.97 Å². The van der Waals surface area contributed by atoms with Crippen molar-refractivity contribution in [1.29, 1.82) is 0 Å². The van der Waals surface area contributed by atoms with Crippen molar-refractivity contribution < 1.29 is 19.7 Å². The predicted molar refractivity (Wildman–Crippen MR) is 50.7 cm³/mol. The smallest absolute Gasteiger partial charge is 0.310 e. The highest BCUT2D eigenvalue weighted by Crippen LogP contribution is 2.29. The number of rotatable bonds is 3. The fourth-order valence-electron chi connectivity index (χ4n) is 1.11. The minimum absolute atomic E-state index is 0.00818. The Morgan fingerprint density at radius 1 is 1.50 bits per heavy atom. The van der Waals surface area contributed by atoms with E-state index in [4.69, 9.17) is 9.84 Å². The van der Waals surface area contributed by atoms with Crippen LogP contribution in [0, 0.1) is 0 Å². The molecule has 0 aliphatic heterocycles. The molecular weight excluding hydrogens is 184 g/mol. The maximum Gasteiger partial charge on any atom is 0.310 e. The van der Waals surface area contributed by atoms with Crippen molar-refractivity contribution in [3.63, 3.8) is 0 Å². The average molecular weight is 196 g/mol. The molecule has 1 atom stereocenters. The second kappa shape index (κ2) is 4.00. The van der Waals surface area contributed by atoms with Crippen LogP contribution in [0.2, 0.25) is 0 Å². The summed E-state index contributed by atoms with van der Waals surface area (Å²) in [5.74, 6) is -1.22. The molecule has 0 saturated heterocycles. The van der Waals surface area contributed by atoms with Crippen LogP contribution >= 0.6 is 0 Å². The topological polar surface area (TPSA) is 66.8 Å². The van der Waals surface area contributed by atoms with Crippen LogP contribution < -0.4 is 4.74 Å². The second-order valence-electron chi connectivity index (χ2n) is 2.99. The average Bonchev–Trinajstić information content (AvgIpc) is 2.17. The Bertz CT molecular complexity index is 346. The van der Waals surface area contributed by atoms with Gasteiger partial charge in [0.2, 0.25) is 0 Å². The summed E-state index contributed by atoms with van der Waals surface area (Å²) in [6.45, 7) is 1.58. The predicted octanol–water partition coefficient (Wildman–Crippen LogP) is 1.59. The van der Waals surface area contributed by atoms with Gasteiger partial charge in [-0.1, -0.05) is 6.07 Å². The fraction of sp³-hybridized carbons (Fsp3) is 0.300. The van der Waals surface area contributed by atoms with E-state index in [1.54, 1.807) is 13.0 Å². The van der Waals surface area contributed by atoms with Crippen molar-refractivity contribution in [2.75, 3.05) is 7.11 Å². The standard InChI is InChI=1S/C10H12O4/c1-6(10(12)13)7-3-4-8(11)9(5-7)14-2/h3-6,11H,1-2H3,(H,12,13). The number of hydrogen-bond donors (Lipinski definition) is 2. The van der Waals surface area contributed by atoms with E-state index < -0.39 is 11.9 Å². The van der Waals surface area contributed by atoms with Crippen molar-refractivity contribution in [2.45, 2.75) is 12.8 Å². The van der Waals surface area contributed by atoms with Crippen LogP contribution in [0.15, 0.2) is 18.2 Å². The van der Waals surface area contributed by atoms with Crippen LogP contribution in [0.25, 0.3) is 0 Å². The molecule has 0 fully saturated rings. The monoisotopic (exact) mass is 196 g/mol. The summed E-state index contributed by atoms with van der Waals surface area (Å²) in [5, 5.41) is 18.0. The van der Waals surface area contributed by atoms with Crippen LogP contribution in [-0.4, -0.2) is 23.3 Å². The van der Waals surface area contributed by atoms with Gasteiger partial charge in [0.05, 0.1) is 13.0 Å². The van der Waals surface area contributed by atoms with Crippen LogP contribution in [0.4, 0.5) is 0 Å². The number of ether oxygens (including phenoxy) is 1. The van der Waals surface area contributed by atoms with E-state index in [0.717, 1.165) is 0 Å². The summed E-state index contributed by atoms with van der Waals surface area (Å²) in [6, 6.07) is 4.51. The normalized spacial score (nSPS) is 12.1. The number of aliphatic carboxylic acids is 1. The molecule has 0 spiro atoms. The Labute approximate surface area is 81.8 Å². The first-order chi connectivity index (χ1) is 6.56. The quantitative estimate of drug-likeness (QED) is 0.770. The lowest BCUT2D eigenvalue weighted by atomic mass is 10.0. The summed E-state index contributed by atoms with van der Waals surface area (Å²) in [4.78, 5) is 10.7. The minimum atomic E-state index is -0.905. The lowest BCUT2D eigenvalue weighted by molar-refractivity contribution is -0.138. The lowest BCUT2D eigenvalue weighted by Gasteiger charge is -2.09. The summed E-state index contributed by atoms with van der Waals surface area (Å²) in [5.41, 5.74) is 0.604. The van der Waals surface area contributed by atoms with Gasteiger partial charge in [-0.25, -0.2) is 0 Å². The number of aromatic hydroxyl groups is 1. The Kier molecular flexibility index (Phi) is 2.96. The summed E-state index contributed by atoms with van der Waals surface area (Å²) in [6.07, 6.45) is 0. The molecule has 1 rings (SSSR count). The molecule has 2 N–H and O–H groups in total.